The lowest BCUT2D eigenvalue weighted by Gasteiger charge is -2.39. The molecule has 0 aromatic rings. The number of aliphatic imine (C=N–C) groups is 1. The highest BCUT2D eigenvalue weighted by Gasteiger charge is 2.43. The summed E-state index contributed by atoms with van der Waals surface area (Å²) in [6.07, 6.45) is 30.4. The minimum Gasteiger partial charge on any atom is -0.510 e. The Kier molecular flexibility index (Phi) is 47.9. The normalized spacial score (nSPS) is 23.2. The smallest absolute Gasteiger partial charge is 0.248 e. The third kappa shape index (κ3) is 43.3. The Balaban J connectivity index is 0.000000998. The summed E-state index contributed by atoms with van der Waals surface area (Å²) in [4.78, 5) is 39.2. The molecule has 548 valence electrons. The molecule has 2 rings (SSSR count). The topological polar surface area (TPSA) is 424 Å². The fraction of sp³-hybridized carbons (Fsp3) is 0.595. The van der Waals surface area contributed by atoms with E-state index in [9.17, 15) is 91.0 Å². The molecule has 1 saturated heterocycles. The average Bonchev–Trinajstić information content (AvgIpc) is 1.19. The van der Waals surface area contributed by atoms with Crippen molar-refractivity contribution in [2.45, 2.75) is 255 Å². The molecule has 0 aromatic heterocycles. The summed E-state index contributed by atoms with van der Waals surface area (Å²) < 4.78 is 11.1. The lowest BCUT2D eigenvalue weighted by molar-refractivity contribution is -0.302. The van der Waals surface area contributed by atoms with Crippen LogP contribution in [-0.4, -0.2) is 210 Å². The Morgan fingerprint density at radius 2 is 1.09 bits per heavy atom. The molecular formula is C74H117N3O20. The Morgan fingerprint density at radius 3 is 1.65 bits per heavy atom. The summed E-state index contributed by atoms with van der Waals surface area (Å²) in [6, 6.07) is 0. The van der Waals surface area contributed by atoms with Crippen molar-refractivity contribution in [3.8, 4) is 0 Å². The number of hydrogen-bond acceptors (Lipinski definition) is 21. The van der Waals surface area contributed by atoms with E-state index in [-0.39, 0.29) is 118 Å². The third-order valence-electron chi connectivity index (χ3n) is 15.6. The predicted octanol–water partition coefficient (Wildman–Crippen LogP) is 5.43. The van der Waals surface area contributed by atoms with Gasteiger partial charge in [0.2, 0.25) is 5.91 Å². The number of ether oxygens (including phenoxy) is 2. The van der Waals surface area contributed by atoms with Crippen LogP contribution in [0.25, 0.3) is 0 Å². The molecule has 0 spiro atoms. The number of carbonyl (C=O) groups excluding carboxylic acids is 3. The van der Waals surface area contributed by atoms with Crippen LogP contribution in [0, 0.1) is 17.8 Å². The molecule has 19 unspecified atom stereocenters. The number of rotatable bonds is 46. The standard InChI is InChI=1S/C43H59NO10.C31H58N2O10/c1-30(24-20-16-12-8-5-6-11-15-19-23-27-37(48)44-38-35(46)28-29-36(38)47)39(49)32(3)34(45)26-22-18-14-10-7-9-13-17-21-25-31(2)53-43-42(52)41(51)40(50)33(4)54-43;1-20(2)31(43)19-30(42)18-29(41)16-25(37)10-5-9-24(36)15-28(40)17-27(39)14-23(35)8-4-7-22(34)13-26(38)11-6-12-33-21(3)32/h5-11,13-15,17-24,26-27,30-34,39-43,45-46,49-52H,12,16,25,28-29H2,1-4H3,(H,44,48);4-5,8,10,20,22-30,34-42H,6-7,9,11-19H2,1-3H3,(H2,32,33)/b8-5+,10-7+,11-6+,13-9+,18-14+,19-15+,21-17+,24-20+,26-22+,27-23+;8-4+,10-5+. The molecule has 0 bridgehead atoms. The molecule has 1 amide bonds. The molecule has 1 aliphatic carbocycles. The van der Waals surface area contributed by atoms with Crippen molar-refractivity contribution in [2.24, 2.45) is 28.5 Å². The summed E-state index contributed by atoms with van der Waals surface area (Å²) in [7, 11) is 0. The van der Waals surface area contributed by atoms with Crippen LogP contribution in [0.5, 0.6) is 0 Å². The molecule has 19 atom stereocenters. The number of carbonyl (C=O) groups is 3. The molecule has 0 radical (unpaired) electrons. The number of aliphatic hydroxyl groups excluding tert-OH is 15. The van der Waals surface area contributed by atoms with Gasteiger partial charge in [-0.3, -0.25) is 19.4 Å². The van der Waals surface area contributed by atoms with Crippen molar-refractivity contribution >= 4 is 23.3 Å². The van der Waals surface area contributed by atoms with Gasteiger partial charge in [-0.2, -0.15) is 0 Å². The minimum absolute atomic E-state index is 0.0185. The molecule has 0 saturated carbocycles. The van der Waals surface area contributed by atoms with Gasteiger partial charge in [0.1, 0.15) is 35.6 Å². The van der Waals surface area contributed by atoms with E-state index in [0.717, 1.165) is 12.8 Å². The van der Waals surface area contributed by atoms with Gasteiger partial charge < -0.3 is 97.1 Å². The second-order valence-corrected chi connectivity index (χ2v) is 25.3. The Morgan fingerprint density at radius 1 is 0.588 bits per heavy atom. The Labute approximate surface area is 574 Å². The Bertz CT molecular complexity index is 2650. The summed E-state index contributed by atoms with van der Waals surface area (Å²) in [5, 5.41) is 154. The number of amidine groups is 1. The maximum absolute atomic E-state index is 11.8. The van der Waals surface area contributed by atoms with Crippen LogP contribution in [-0.2, 0) is 23.9 Å². The summed E-state index contributed by atoms with van der Waals surface area (Å²) in [6.45, 7) is 12.9. The fourth-order valence-electron chi connectivity index (χ4n) is 9.81. The van der Waals surface area contributed by atoms with Crippen LogP contribution < -0.4 is 11.1 Å². The molecule has 23 heteroatoms. The van der Waals surface area contributed by atoms with Gasteiger partial charge >= 0.3 is 0 Å². The van der Waals surface area contributed by atoms with Crippen LogP contribution in [0.1, 0.15) is 151 Å². The second kappa shape index (κ2) is 52.1. The van der Waals surface area contributed by atoms with E-state index < -0.39 is 104 Å². The molecule has 23 nitrogen and oxygen atoms in total. The number of nitrogens with one attached hydrogen (secondary N) is 1. The van der Waals surface area contributed by atoms with Gasteiger partial charge in [0.25, 0.3) is 0 Å². The maximum Gasteiger partial charge on any atom is 0.248 e. The lowest BCUT2D eigenvalue weighted by Crippen LogP contribution is -2.57. The number of amides is 1. The molecule has 2 aliphatic rings. The number of nitrogens with zero attached hydrogens (tertiary/aromatic N) is 1. The predicted molar refractivity (Wildman–Crippen MR) is 376 cm³/mol. The van der Waals surface area contributed by atoms with Crippen molar-refractivity contribution in [3.05, 3.63) is 157 Å². The van der Waals surface area contributed by atoms with Crippen LogP contribution >= 0.6 is 0 Å². The maximum atomic E-state index is 11.8. The number of aliphatic hydroxyl groups is 15. The summed E-state index contributed by atoms with van der Waals surface area (Å²) >= 11 is 0. The zero-order chi connectivity index (χ0) is 72.8. The van der Waals surface area contributed by atoms with E-state index in [2.05, 4.69) is 10.3 Å². The number of unbranched alkanes of at least 4 members (excludes halogenated alkanes) is 1. The van der Waals surface area contributed by atoms with Crippen LogP contribution in [0.4, 0.5) is 0 Å². The highest BCUT2D eigenvalue weighted by Crippen LogP contribution is 2.25. The molecule has 1 aliphatic heterocycles. The molecule has 1 fully saturated rings. The highest BCUT2D eigenvalue weighted by molar-refractivity contribution is 6.03. The van der Waals surface area contributed by atoms with E-state index in [4.69, 9.17) is 15.2 Å². The van der Waals surface area contributed by atoms with E-state index >= 15 is 0 Å². The van der Waals surface area contributed by atoms with Gasteiger partial charge in [0.05, 0.1) is 85.2 Å². The van der Waals surface area contributed by atoms with Crippen molar-refractivity contribution in [1.82, 2.24) is 5.32 Å². The first-order valence-corrected chi connectivity index (χ1v) is 33.8. The summed E-state index contributed by atoms with van der Waals surface area (Å²) in [5.74, 6) is -1.14. The molecule has 18 N–H and O–H groups in total. The van der Waals surface area contributed by atoms with Crippen LogP contribution in [0.3, 0.4) is 0 Å². The highest BCUT2D eigenvalue weighted by atomic mass is 16.7. The largest absolute Gasteiger partial charge is 0.510 e. The first kappa shape index (κ1) is 89.1. The number of ketones is 2. The second-order valence-electron chi connectivity index (χ2n) is 25.3. The lowest BCUT2D eigenvalue weighted by atomic mass is 9.88. The average molecular weight is 1370 g/mol. The van der Waals surface area contributed by atoms with Crippen LogP contribution in [0.2, 0.25) is 0 Å². The van der Waals surface area contributed by atoms with Crippen molar-refractivity contribution in [3.63, 3.8) is 0 Å². The van der Waals surface area contributed by atoms with E-state index in [0.29, 0.717) is 31.6 Å². The third-order valence-corrected chi connectivity index (χ3v) is 15.6. The van der Waals surface area contributed by atoms with E-state index in [1.54, 1.807) is 70.2 Å². The molecule has 97 heavy (non-hydrogen) atoms. The van der Waals surface area contributed by atoms with Gasteiger partial charge in [0.15, 0.2) is 12.1 Å². The zero-order valence-electron chi connectivity index (χ0n) is 57.7. The van der Waals surface area contributed by atoms with E-state index in [1.807, 2.05) is 99.8 Å². The minimum atomic E-state index is -1.32. The molecule has 0 aromatic carbocycles. The Hall–Kier alpha value is -5.94. The SMILES string of the molecule is CC(C/C=C/C=C/C=C/C=C/C=C/C(O)C(C)C(O)C(C)/C=C/CC/C=C/C=C/C=C/C=C/C(=O)NC1=C(O)CCC1=O)OC1OC(C)C(O)C(O)C1O.CC(N)=NCCCC(O)CC(O)C/C=C/C(O)CC(O)CC(O)CC(O)C/C=C/C(O)CC(O)CC(O)CC(=O)C(C)C. The van der Waals surface area contributed by atoms with Gasteiger partial charge in [-0.15, -0.1) is 0 Å². The van der Waals surface area contributed by atoms with Gasteiger partial charge in [-0.05, 0) is 91.4 Å². The molecule has 1 heterocycles. The van der Waals surface area contributed by atoms with Gasteiger partial charge in [-0.1, -0.05) is 167 Å². The number of nitrogens with two attached hydrogens (primary N) is 1. The quantitative estimate of drug-likeness (QED) is 0.00901. The number of hydrogen-bond donors (Lipinski definition) is 17. The van der Waals surface area contributed by atoms with Crippen molar-refractivity contribution in [2.75, 3.05) is 6.54 Å². The van der Waals surface area contributed by atoms with Gasteiger partial charge in [-0.25, -0.2) is 0 Å². The first-order valence-electron chi connectivity index (χ1n) is 33.8. The van der Waals surface area contributed by atoms with Crippen molar-refractivity contribution < 1.29 is 100 Å². The van der Waals surface area contributed by atoms with Crippen molar-refractivity contribution in [1.29, 1.82) is 0 Å². The van der Waals surface area contributed by atoms with Gasteiger partial charge in [0, 0.05) is 62.5 Å². The number of Topliss-reactive ketones (excluding diaryl/α,β-unsaturated/α-hetero) is 2. The summed E-state index contributed by atoms with van der Waals surface area (Å²) in [5.41, 5.74) is 5.44. The fourth-order valence-corrected chi connectivity index (χ4v) is 9.81. The monoisotopic (exact) mass is 1370 g/mol. The first-order chi connectivity index (χ1) is 45.9. The van der Waals surface area contributed by atoms with E-state index in [1.165, 1.54) is 24.3 Å². The molecular weight excluding hydrogens is 1250 g/mol. The van der Waals surface area contributed by atoms with Crippen LogP contribution in [0.15, 0.2) is 162 Å². The number of allylic oxidation sites excluding steroid dienone is 18. The zero-order valence-corrected chi connectivity index (χ0v) is 57.7.